The number of aliphatic hydroxyl groups excluding tert-OH is 1. The molecule has 1 saturated carbocycles. The van der Waals surface area contributed by atoms with Crippen molar-refractivity contribution in [1.29, 1.82) is 0 Å². The van der Waals surface area contributed by atoms with Crippen LogP contribution in [0.3, 0.4) is 0 Å². The lowest BCUT2D eigenvalue weighted by atomic mass is 10.1. The number of benzene rings is 1. The summed E-state index contributed by atoms with van der Waals surface area (Å²) in [5.41, 5.74) is 0.708. The van der Waals surface area contributed by atoms with Crippen LogP contribution in [-0.4, -0.2) is 66.2 Å². The van der Waals surface area contributed by atoms with Crippen LogP contribution in [-0.2, 0) is 0 Å². The number of nitrogens with zero attached hydrogens (tertiary/aromatic N) is 2. The van der Waals surface area contributed by atoms with Crippen LogP contribution < -0.4 is 4.74 Å². The number of carbonyl (C=O) groups excluding carboxylic acids is 1. The average Bonchev–Trinajstić information content (AvgIpc) is 3.41. The van der Waals surface area contributed by atoms with Gasteiger partial charge in [0.1, 0.15) is 5.75 Å². The Hall–Kier alpha value is -1.59. The molecule has 1 aliphatic carbocycles. The van der Waals surface area contributed by atoms with Crippen molar-refractivity contribution in [2.75, 3.05) is 39.3 Å². The highest BCUT2D eigenvalue weighted by molar-refractivity contribution is 5.94. The minimum absolute atomic E-state index is 0.0791. The third-order valence-electron chi connectivity index (χ3n) is 4.68. The molecule has 5 heteroatoms. The number of ether oxygens (including phenoxy) is 1. The fourth-order valence-electron chi connectivity index (χ4n) is 3.07. The largest absolute Gasteiger partial charge is 0.494 e. The van der Waals surface area contributed by atoms with Crippen LogP contribution in [0.1, 0.15) is 30.1 Å². The minimum atomic E-state index is -0.191. The highest BCUT2D eigenvalue weighted by Gasteiger charge is 2.32. The van der Waals surface area contributed by atoms with Gasteiger partial charge in [-0.3, -0.25) is 9.69 Å². The first-order chi connectivity index (χ1) is 11.2. The van der Waals surface area contributed by atoms with Crippen molar-refractivity contribution < 1.29 is 14.6 Å². The number of carbonyl (C=O) groups is 1. The van der Waals surface area contributed by atoms with Gasteiger partial charge in [0, 0.05) is 38.3 Å². The van der Waals surface area contributed by atoms with Crippen LogP contribution >= 0.6 is 0 Å². The Labute approximate surface area is 137 Å². The molecule has 0 aromatic heterocycles. The Morgan fingerprint density at radius 3 is 2.43 bits per heavy atom. The van der Waals surface area contributed by atoms with Crippen LogP contribution in [0, 0.1) is 5.92 Å². The summed E-state index contributed by atoms with van der Waals surface area (Å²) >= 11 is 0. The molecule has 0 radical (unpaired) electrons. The molecule has 1 aromatic carbocycles. The third-order valence-corrected chi connectivity index (χ3v) is 4.68. The Kier molecular flexibility index (Phi) is 5.18. The van der Waals surface area contributed by atoms with E-state index in [4.69, 9.17) is 4.74 Å². The van der Waals surface area contributed by atoms with E-state index in [1.54, 1.807) is 0 Å². The molecule has 1 saturated heterocycles. The molecule has 23 heavy (non-hydrogen) atoms. The molecular formula is C18H26N2O3. The minimum Gasteiger partial charge on any atom is -0.494 e. The van der Waals surface area contributed by atoms with Crippen molar-refractivity contribution in [2.24, 2.45) is 5.92 Å². The van der Waals surface area contributed by atoms with Crippen LogP contribution in [0.2, 0.25) is 0 Å². The Morgan fingerprint density at radius 1 is 1.22 bits per heavy atom. The zero-order valence-electron chi connectivity index (χ0n) is 13.8. The first-order valence-electron chi connectivity index (χ1n) is 8.60. The maximum Gasteiger partial charge on any atom is 0.253 e. The fraction of sp³-hybridized carbons (Fsp3) is 0.611. The summed E-state index contributed by atoms with van der Waals surface area (Å²) in [6.45, 7) is 6.45. The third kappa shape index (κ3) is 4.24. The van der Waals surface area contributed by atoms with Crippen LogP contribution in [0.15, 0.2) is 24.3 Å². The SMILES string of the molecule is CCOc1ccc(C(=O)N2CCN(C[C@H](O)C3CC3)CC2)cc1. The molecule has 3 rings (SSSR count). The Bertz CT molecular complexity index is 520. The molecular weight excluding hydrogens is 292 g/mol. The summed E-state index contributed by atoms with van der Waals surface area (Å²) in [6.07, 6.45) is 2.14. The van der Waals surface area contributed by atoms with E-state index in [2.05, 4.69) is 4.90 Å². The predicted octanol–water partition coefficient (Wildman–Crippen LogP) is 1.61. The van der Waals surface area contributed by atoms with Gasteiger partial charge >= 0.3 is 0 Å². The maximum absolute atomic E-state index is 12.5. The summed E-state index contributed by atoms with van der Waals surface area (Å²) in [5.74, 6) is 1.39. The number of piperazine rings is 1. The lowest BCUT2D eigenvalue weighted by molar-refractivity contribution is 0.0488. The van der Waals surface area contributed by atoms with Gasteiger partial charge in [0.15, 0.2) is 0 Å². The maximum atomic E-state index is 12.5. The molecule has 2 fully saturated rings. The normalized spacial score (nSPS) is 20.3. The topological polar surface area (TPSA) is 53.0 Å². The molecule has 0 unspecified atom stereocenters. The quantitative estimate of drug-likeness (QED) is 0.866. The van der Waals surface area contributed by atoms with E-state index in [0.717, 1.165) is 51.3 Å². The number of aliphatic hydroxyl groups is 1. The van der Waals surface area contributed by atoms with Gasteiger partial charge in [-0.2, -0.15) is 0 Å². The monoisotopic (exact) mass is 318 g/mol. The smallest absolute Gasteiger partial charge is 0.253 e. The molecule has 1 atom stereocenters. The highest BCUT2D eigenvalue weighted by Crippen LogP contribution is 2.32. The predicted molar refractivity (Wildman–Crippen MR) is 88.7 cm³/mol. The standard InChI is InChI=1S/C18H26N2O3/c1-2-23-16-7-5-15(6-8-16)18(22)20-11-9-19(10-12-20)13-17(21)14-3-4-14/h5-8,14,17,21H,2-4,9-13H2,1H3/t17-/m0/s1. The second kappa shape index (κ2) is 7.32. The van der Waals surface area contributed by atoms with E-state index < -0.39 is 0 Å². The van der Waals surface area contributed by atoms with Crippen LogP contribution in [0.4, 0.5) is 0 Å². The van der Waals surface area contributed by atoms with Gasteiger partial charge in [-0.05, 0) is 49.9 Å². The molecule has 1 aliphatic heterocycles. The first-order valence-corrected chi connectivity index (χ1v) is 8.60. The summed E-state index contributed by atoms with van der Waals surface area (Å²) in [7, 11) is 0. The van der Waals surface area contributed by atoms with Gasteiger partial charge < -0.3 is 14.7 Å². The van der Waals surface area contributed by atoms with Crippen molar-refractivity contribution in [2.45, 2.75) is 25.9 Å². The van der Waals surface area contributed by atoms with Gasteiger partial charge in [-0.25, -0.2) is 0 Å². The molecule has 5 nitrogen and oxygen atoms in total. The van der Waals surface area contributed by atoms with Crippen molar-refractivity contribution in [1.82, 2.24) is 9.80 Å². The van der Waals surface area contributed by atoms with E-state index in [-0.39, 0.29) is 12.0 Å². The number of β-amino-alcohol motifs (C(OH)–C–C–N with tert-alkyl or cyclic N) is 1. The number of hydrogen-bond acceptors (Lipinski definition) is 4. The van der Waals surface area contributed by atoms with E-state index >= 15 is 0 Å². The van der Waals surface area contributed by atoms with Gasteiger partial charge in [0.05, 0.1) is 12.7 Å². The summed E-state index contributed by atoms with van der Waals surface area (Å²) < 4.78 is 5.41. The molecule has 1 N–H and O–H groups in total. The second-order valence-corrected chi connectivity index (χ2v) is 6.45. The number of rotatable bonds is 6. The van der Waals surface area contributed by atoms with Crippen molar-refractivity contribution in [3.63, 3.8) is 0 Å². The zero-order valence-corrected chi connectivity index (χ0v) is 13.8. The molecule has 1 heterocycles. The van der Waals surface area contributed by atoms with Gasteiger partial charge in [-0.1, -0.05) is 0 Å². The lowest BCUT2D eigenvalue weighted by Gasteiger charge is -2.35. The second-order valence-electron chi connectivity index (χ2n) is 6.45. The van der Waals surface area contributed by atoms with Gasteiger partial charge in [0.25, 0.3) is 5.91 Å². The Morgan fingerprint density at radius 2 is 1.87 bits per heavy atom. The summed E-state index contributed by atoms with van der Waals surface area (Å²) in [4.78, 5) is 16.7. The zero-order chi connectivity index (χ0) is 16.2. The van der Waals surface area contributed by atoms with E-state index in [1.165, 1.54) is 0 Å². The molecule has 126 valence electrons. The van der Waals surface area contributed by atoms with Crippen molar-refractivity contribution in [3.05, 3.63) is 29.8 Å². The van der Waals surface area contributed by atoms with Gasteiger partial charge in [-0.15, -0.1) is 0 Å². The van der Waals surface area contributed by atoms with E-state index in [1.807, 2.05) is 36.1 Å². The highest BCUT2D eigenvalue weighted by atomic mass is 16.5. The summed E-state index contributed by atoms with van der Waals surface area (Å²) in [6, 6.07) is 7.35. The number of amides is 1. The average molecular weight is 318 g/mol. The van der Waals surface area contributed by atoms with Crippen LogP contribution in [0.25, 0.3) is 0 Å². The van der Waals surface area contributed by atoms with Crippen molar-refractivity contribution in [3.8, 4) is 5.75 Å². The fourth-order valence-corrected chi connectivity index (χ4v) is 3.07. The molecule has 2 aliphatic rings. The lowest BCUT2D eigenvalue weighted by Crippen LogP contribution is -2.50. The number of hydrogen-bond donors (Lipinski definition) is 1. The van der Waals surface area contributed by atoms with Crippen molar-refractivity contribution >= 4 is 5.91 Å². The molecule has 0 spiro atoms. The summed E-state index contributed by atoms with van der Waals surface area (Å²) in [5, 5.41) is 10.0. The Balaban J connectivity index is 1.49. The molecule has 1 aromatic rings. The first kappa shape index (κ1) is 16.3. The van der Waals surface area contributed by atoms with Crippen LogP contribution in [0.5, 0.6) is 5.75 Å². The van der Waals surface area contributed by atoms with E-state index in [0.29, 0.717) is 18.1 Å². The molecule has 0 bridgehead atoms. The molecule has 1 amide bonds. The van der Waals surface area contributed by atoms with E-state index in [9.17, 15) is 9.90 Å². The van der Waals surface area contributed by atoms with Gasteiger partial charge in [0.2, 0.25) is 0 Å².